The fraction of sp³-hybridized carbons (Fsp3) is 0.235. The average Bonchev–Trinajstić information content (AvgIpc) is 2.93. The number of nitrogens with zero attached hydrogens (tertiary/aromatic N) is 1. The van der Waals surface area contributed by atoms with Crippen molar-refractivity contribution in [3.63, 3.8) is 0 Å². The van der Waals surface area contributed by atoms with Crippen LogP contribution in [0.3, 0.4) is 0 Å². The lowest BCUT2D eigenvalue weighted by Crippen LogP contribution is -2.23. The Hall–Kier alpha value is -2.36. The molecular formula is C17H17FN2O. The molecule has 0 atom stereocenters. The molecule has 1 amide bonds. The lowest BCUT2D eigenvalue weighted by atomic mass is 10.2. The van der Waals surface area contributed by atoms with E-state index in [1.165, 1.54) is 12.1 Å². The van der Waals surface area contributed by atoms with E-state index in [1.54, 1.807) is 12.1 Å². The Labute approximate surface area is 123 Å². The predicted molar refractivity (Wildman–Crippen MR) is 81.8 cm³/mol. The zero-order valence-electron chi connectivity index (χ0n) is 11.7. The number of hydrogen-bond donors (Lipinski definition) is 1. The van der Waals surface area contributed by atoms with Crippen LogP contribution in [0.15, 0.2) is 48.5 Å². The summed E-state index contributed by atoms with van der Waals surface area (Å²) >= 11 is 0. The molecule has 0 bridgehead atoms. The molecule has 1 fully saturated rings. The van der Waals surface area contributed by atoms with E-state index in [4.69, 9.17) is 0 Å². The van der Waals surface area contributed by atoms with E-state index >= 15 is 0 Å². The van der Waals surface area contributed by atoms with Crippen LogP contribution in [0.4, 0.5) is 15.8 Å². The fourth-order valence-electron chi connectivity index (χ4n) is 2.51. The quantitative estimate of drug-likeness (QED) is 0.931. The summed E-state index contributed by atoms with van der Waals surface area (Å²) in [5.74, 6) is -0.0426. The molecule has 3 nitrogen and oxygen atoms in total. The van der Waals surface area contributed by atoms with Crippen LogP contribution in [0.5, 0.6) is 0 Å². The zero-order chi connectivity index (χ0) is 14.7. The van der Waals surface area contributed by atoms with E-state index in [1.807, 2.05) is 29.2 Å². The van der Waals surface area contributed by atoms with Gasteiger partial charge in [0.2, 0.25) is 5.91 Å². The van der Waals surface area contributed by atoms with Crippen molar-refractivity contribution in [1.82, 2.24) is 0 Å². The number of halogens is 1. The van der Waals surface area contributed by atoms with Crippen LogP contribution in [0.1, 0.15) is 18.4 Å². The molecule has 0 radical (unpaired) electrons. The number of rotatable bonds is 4. The molecule has 0 saturated carbocycles. The lowest BCUT2D eigenvalue weighted by molar-refractivity contribution is -0.117. The van der Waals surface area contributed by atoms with Crippen molar-refractivity contribution in [2.24, 2.45) is 0 Å². The highest BCUT2D eigenvalue weighted by Crippen LogP contribution is 2.24. The Morgan fingerprint density at radius 3 is 2.67 bits per heavy atom. The van der Waals surface area contributed by atoms with Gasteiger partial charge in [-0.15, -0.1) is 0 Å². The summed E-state index contributed by atoms with van der Waals surface area (Å²) in [6, 6.07) is 14.3. The molecule has 1 N–H and O–H groups in total. The van der Waals surface area contributed by atoms with Crippen LogP contribution in [-0.4, -0.2) is 12.5 Å². The second-order valence-corrected chi connectivity index (χ2v) is 5.18. The summed E-state index contributed by atoms with van der Waals surface area (Å²) in [6.07, 6.45) is 1.55. The maximum atomic E-state index is 12.9. The summed E-state index contributed by atoms with van der Waals surface area (Å²) in [6.45, 7) is 1.41. The first-order chi connectivity index (χ1) is 10.2. The van der Waals surface area contributed by atoms with Crippen molar-refractivity contribution in [2.45, 2.75) is 19.4 Å². The Morgan fingerprint density at radius 1 is 1.14 bits per heavy atom. The molecule has 0 aliphatic carbocycles. The van der Waals surface area contributed by atoms with Crippen molar-refractivity contribution in [3.05, 3.63) is 59.9 Å². The maximum absolute atomic E-state index is 12.9. The highest BCUT2D eigenvalue weighted by molar-refractivity contribution is 5.95. The third kappa shape index (κ3) is 3.21. The molecule has 0 aromatic heterocycles. The smallest absolute Gasteiger partial charge is 0.227 e. The molecule has 0 spiro atoms. The van der Waals surface area contributed by atoms with Gasteiger partial charge in [-0.05, 0) is 42.3 Å². The highest BCUT2D eigenvalue weighted by Gasteiger charge is 2.21. The number of anilines is 2. The maximum Gasteiger partial charge on any atom is 0.227 e. The minimum Gasteiger partial charge on any atom is -0.381 e. The summed E-state index contributed by atoms with van der Waals surface area (Å²) < 4.78 is 12.9. The third-order valence-corrected chi connectivity index (χ3v) is 3.64. The van der Waals surface area contributed by atoms with E-state index in [0.29, 0.717) is 13.0 Å². The van der Waals surface area contributed by atoms with Crippen molar-refractivity contribution in [1.29, 1.82) is 0 Å². The van der Waals surface area contributed by atoms with Gasteiger partial charge in [0, 0.05) is 30.9 Å². The summed E-state index contributed by atoms with van der Waals surface area (Å²) in [4.78, 5) is 13.6. The highest BCUT2D eigenvalue weighted by atomic mass is 19.1. The van der Waals surface area contributed by atoms with Crippen molar-refractivity contribution < 1.29 is 9.18 Å². The van der Waals surface area contributed by atoms with Gasteiger partial charge < -0.3 is 10.2 Å². The van der Waals surface area contributed by atoms with Gasteiger partial charge in [-0.3, -0.25) is 4.79 Å². The first kappa shape index (κ1) is 13.6. The Morgan fingerprint density at radius 2 is 1.95 bits per heavy atom. The topological polar surface area (TPSA) is 32.3 Å². The second kappa shape index (κ2) is 5.95. The van der Waals surface area contributed by atoms with Gasteiger partial charge >= 0.3 is 0 Å². The molecule has 1 heterocycles. The molecule has 0 unspecified atom stereocenters. The molecule has 21 heavy (non-hydrogen) atoms. The number of hydrogen-bond acceptors (Lipinski definition) is 2. The van der Waals surface area contributed by atoms with Crippen LogP contribution < -0.4 is 10.2 Å². The third-order valence-electron chi connectivity index (χ3n) is 3.64. The molecule has 1 aliphatic rings. The summed E-state index contributed by atoms with van der Waals surface area (Å²) in [7, 11) is 0. The molecular weight excluding hydrogens is 267 g/mol. The number of carbonyl (C=O) groups excluding carboxylic acids is 1. The number of nitrogens with one attached hydrogen (secondary N) is 1. The first-order valence-corrected chi connectivity index (χ1v) is 7.11. The van der Waals surface area contributed by atoms with Gasteiger partial charge in [0.05, 0.1) is 0 Å². The van der Waals surface area contributed by atoms with E-state index in [0.717, 1.165) is 29.9 Å². The van der Waals surface area contributed by atoms with E-state index < -0.39 is 0 Å². The average molecular weight is 284 g/mol. The largest absolute Gasteiger partial charge is 0.381 e. The fourth-order valence-corrected chi connectivity index (χ4v) is 2.51. The SMILES string of the molecule is O=C1CCCN1c1cccc(NCc2ccc(F)cc2)c1. The normalized spacial score (nSPS) is 14.5. The van der Waals surface area contributed by atoms with Crippen LogP contribution in [0.2, 0.25) is 0 Å². The number of carbonyl (C=O) groups is 1. The lowest BCUT2D eigenvalue weighted by Gasteiger charge is -2.17. The molecule has 2 aromatic rings. The minimum absolute atomic E-state index is 0.186. The van der Waals surface area contributed by atoms with Gasteiger partial charge in [-0.1, -0.05) is 18.2 Å². The monoisotopic (exact) mass is 284 g/mol. The van der Waals surface area contributed by atoms with Crippen molar-refractivity contribution in [2.75, 3.05) is 16.8 Å². The van der Waals surface area contributed by atoms with Crippen LogP contribution in [0, 0.1) is 5.82 Å². The van der Waals surface area contributed by atoms with Crippen molar-refractivity contribution >= 4 is 17.3 Å². The summed E-state index contributed by atoms with van der Waals surface area (Å²) in [5.41, 5.74) is 2.90. The van der Waals surface area contributed by atoms with Crippen molar-refractivity contribution in [3.8, 4) is 0 Å². The van der Waals surface area contributed by atoms with Crippen LogP contribution in [-0.2, 0) is 11.3 Å². The van der Waals surface area contributed by atoms with Crippen LogP contribution >= 0.6 is 0 Å². The number of benzene rings is 2. The molecule has 3 rings (SSSR count). The molecule has 4 heteroatoms. The first-order valence-electron chi connectivity index (χ1n) is 7.11. The van der Waals surface area contributed by atoms with E-state index in [-0.39, 0.29) is 11.7 Å². The van der Waals surface area contributed by atoms with Gasteiger partial charge in [-0.25, -0.2) is 4.39 Å². The Bertz CT molecular complexity index is 639. The van der Waals surface area contributed by atoms with Gasteiger partial charge in [0.25, 0.3) is 0 Å². The second-order valence-electron chi connectivity index (χ2n) is 5.18. The van der Waals surface area contributed by atoms with Gasteiger partial charge in [0.15, 0.2) is 0 Å². The minimum atomic E-state index is -0.228. The molecule has 108 valence electrons. The Balaban J connectivity index is 1.68. The standard InChI is InChI=1S/C17H17FN2O/c18-14-8-6-13(7-9-14)12-19-15-3-1-4-16(11-15)20-10-2-5-17(20)21/h1,3-4,6-9,11,19H,2,5,10,12H2. The molecule has 1 aliphatic heterocycles. The predicted octanol–water partition coefficient (Wildman–Crippen LogP) is 3.56. The van der Waals surface area contributed by atoms with Gasteiger partial charge in [-0.2, -0.15) is 0 Å². The van der Waals surface area contributed by atoms with E-state index in [2.05, 4.69) is 5.32 Å². The number of amides is 1. The Kier molecular flexibility index (Phi) is 3.86. The molecule has 2 aromatic carbocycles. The van der Waals surface area contributed by atoms with E-state index in [9.17, 15) is 9.18 Å². The van der Waals surface area contributed by atoms with Gasteiger partial charge in [0.1, 0.15) is 5.82 Å². The zero-order valence-corrected chi connectivity index (χ0v) is 11.7. The van der Waals surface area contributed by atoms with Crippen LogP contribution in [0.25, 0.3) is 0 Å². The molecule has 1 saturated heterocycles. The summed E-state index contributed by atoms with van der Waals surface area (Å²) in [5, 5.41) is 3.30.